The number of benzene rings is 2. The number of aromatic hydroxyl groups is 1. The third-order valence-corrected chi connectivity index (χ3v) is 2.82. The summed E-state index contributed by atoms with van der Waals surface area (Å²) in [5.74, 6) is 0.0146. The maximum absolute atomic E-state index is 12.8. The predicted molar refractivity (Wildman–Crippen MR) is 78.0 cm³/mol. The monoisotopic (exact) mass is 342 g/mol. The van der Waals surface area contributed by atoms with Crippen molar-refractivity contribution in [3.05, 3.63) is 66.6 Å². The molecule has 2 aromatic carbocycles. The summed E-state index contributed by atoms with van der Waals surface area (Å²) in [6.07, 6.45) is -3.23. The van der Waals surface area contributed by atoms with Gasteiger partial charge in [0.15, 0.2) is 0 Å². The van der Waals surface area contributed by atoms with E-state index in [9.17, 15) is 18.3 Å². The van der Waals surface area contributed by atoms with E-state index in [1.54, 1.807) is 25.1 Å². The molecule has 1 N–H and O–H groups in total. The van der Waals surface area contributed by atoms with Crippen molar-refractivity contribution in [3.63, 3.8) is 0 Å². The van der Waals surface area contributed by atoms with Gasteiger partial charge in [0.25, 0.3) is 0 Å². The summed E-state index contributed by atoms with van der Waals surface area (Å²) in [7, 11) is 0. The molecule has 0 aromatic heterocycles. The van der Waals surface area contributed by atoms with Crippen LogP contribution in [0.2, 0.25) is 0 Å². The summed E-state index contributed by atoms with van der Waals surface area (Å²) in [4.78, 5) is 3.84. The van der Waals surface area contributed by atoms with E-state index in [4.69, 9.17) is 0 Å². The maximum Gasteiger partial charge on any atom is 0.418 e. The number of halogens is 3. The van der Waals surface area contributed by atoms with Crippen LogP contribution in [0, 0.1) is 14.4 Å². The fourth-order valence-electron chi connectivity index (χ4n) is 1.75. The summed E-state index contributed by atoms with van der Waals surface area (Å²) in [6.45, 7) is 1.70. The van der Waals surface area contributed by atoms with E-state index < -0.39 is 11.7 Å². The van der Waals surface area contributed by atoms with E-state index in [1.807, 2.05) is 0 Å². The van der Waals surface area contributed by atoms with Crippen molar-refractivity contribution in [1.82, 2.24) is 0 Å². The SMILES string of the molecule is Cc1cccc(C=Nc2ccccc2C(F)(F)F)c1O.[CH3-].[Ti]. The third kappa shape index (κ3) is 4.72. The van der Waals surface area contributed by atoms with Crippen LogP contribution in [-0.2, 0) is 27.9 Å². The minimum atomic E-state index is -4.46. The Morgan fingerprint density at radius 1 is 1.05 bits per heavy atom. The molecule has 0 fully saturated rings. The van der Waals surface area contributed by atoms with Crippen LogP contribution < -0.4 is 0 Å². The molecule has 0 aliphatic carbocycles. The summed E-state index contributed by atoms with van der Waals surface area (Å²) in [6, 6.07) is 10.0. The standard InChI is InChI=1S/C15H12F3NO.CH3.Ti/c1-10-5-4-6-11(14(10)20)9-19-13-8-3-2-7-12(13)15(16,17)18;;/h2-9,20H,1H3;1H3;/q;-1;. The van der Waals surface area contributed by atoms with Crippen LogP contribution in [0.1, 0.15) is 16.7 Å². The summed E-state index contributed by atoms with van der Waals surface area (Å²) < 4.78 is 38.4. The first-order chi connectivity index (χ1) is 9.39. The molecule has 2 rings (SSSR count). The van der Waals surface area contributed by atoms with E-state index in [0.29, 0.717) is 11.1 Å². The number of phenolic OH excluding ortho intramolecular Hbond substituents is 1. The average molecular weight is 342 g/mol. The zero-order valence-corrected chi connectivity index (χ0v) is 13.7. The summed E-state index contributed by atoms with van der Waals surface area (Å²) >= 11 is 0. The molecular formula is C16H15F3NOTi-. The van der Waals surface area contributed by atoms with Crippen molar-refractivity contribution in [2.24, 2.45) is 4.99 Å². The molecule has 2 aromatic rings. The number of para-hydroxylation sites is 2. The van der Waals surface area contributed by atoms with Crippen molar-refractivity contribution in [3.8, 4) is 5.75 Å². The van der Waals surface area contributed by atoms with Crippen LogP contribution in [0.15, 0.2) is 47.5 Å². The Kier molecular flexibility index (Phi) is 7.57. The van der Waals surface area contributed by atoms with Gasteiger partial charge < -0.3 is 12.5 Å². The average Bonchev–Trinajstić information content (AvgIpc) is 2.40. The number of aryl methyl sites for hydroxylation is 1. The Labute approximate surface area is 142 Å². The molecule has 0 aliphatic rings. The fraction of sp³-hybridized carbons (Fsp3) is 0.125. The summed E-state index contributed by atoms with van der Waals surface area (Å²) in [5, 5.41) is 9.79. The Bertz CT molecular complexity index is 654. The topological polar surface area (TPSA) is 32.6 Å². The van der Waals surface area contributed by atoms with Gasteiger partial charge in [-0.15, -0.1) is 0 Å². The van der Waals surface area contributed by atoms with Gasteiger partial charge in [-0.05, 0) is 30.7 Å². The largest absolute Gasteiger partial charge is 0.507 e. The number of phenols is 1. The van der Waals surface area contributed by atoms with Crippen LogP contribution in [0.25, 0.3) is 0 Å². The predicted octanol–water partition coefficient (Wildman–Crippen LogP) is 4.92. The van der Waals surface area contributed by atoms with E-state index in [1.165, 1.54) is 24.4 Å². The molecule has 0 radical (unpaired) electrons. The molecule has 0 saturated carbocycles. The molecule has 0 heterocycles. The number of nitrogens with zero attached hydrogens (tertiary/aromatic N) is 1. The van der Waals surface area contributed by atoms with Gasteiger partial charge in [0.1, 0.15) is 5.75 Å². The number of rotatable bonds is 2. The first-order valence-corrected chi connectivity index (χ1v) is 5.88. The number of hydrogen-bond acceptors (Lipinski definition) is 2. The van der Waals surface area contributed by atoms with Crippen molar-refractivity contribution in [2.75, 3.05) is 0 Å². The van der Waals surface area contributed by atoms with E-state index >= 15 is 0 Å². The quantitative estimate of drug-likeness (QED) is 0.469. The van der Waals surface area contributed by atoms with E-state index in [2.05, 4.69) is 4.99 Å². The third-order valence-electron chi connectivity index (χ3n) is 2.82. The van der Waals surface area contributed by atoms with Gasteiger partial charge in [-0.25, -0.2) is 0 Å². The molecule has 0 amide bonds. The Balaban J connectivity index is 0.00000220. The molecule has 0 atom stereocenters. The van der Waals surface area contributed by atoms with Crippen molar-refractivity contribution in [2.45, 2.75) is 13.1 Å². The minimum Gasteiger partial charge on any atom is -0.507 e. The van der Waals surface area contributed by atoms with Crippen LogP contribution >= 0.6 is 0 Å². The normalized spacial score (nSPS) is 10.9. The molecule has 116 valence electrons. The van der Waals surface area contributed by atoms with Crippen LogP contribution in [0.5, 0.6) is 5.75 Å². The van der Waals surface area contributed by atoms with Crippen molar-refractivity contribution >= 4 is 11.9 Å². The molecule has 0 unspecified atom stereocenters. The maximum atomic E-state index is 12.8. The second kappa shape index (κ2) is 8.15. The van der Waals surface area contributed by atoms with Gasteiger partial charge in [0.05, 0.1) is 11.3 Å². The van der Waals surface area contributed by atoms with E-state index in [0.717, 1.165) is 6.07 Å². The van der Waals surface area contributed by atoms with Crippen molar-refractivity contribution < 1.29 is 40.0 Å². The Hall–Kier alpha value is -1.59. The molecule has 0 saturated heterocycles. The number of alkyl halides is 3. The first kappa shape index (κ1) is 20.4. The van der Waals surface area contributed by atoms with Gasteiger partial charge in [-0.1, -0.05) is 24.3 Å². The number of aliphatic imine (C=N–C) groups is 1. The zero-order chi connectivity index (χ0) is 14.8. The number of hydrogen-bond donors (Lipinski definition) is 1. The van der Waals surface area contributed by atoms with Crippen LogP contribution in [0.3, 0.4) is 0 Å². The molecule has 6 heteroatoms. The second-order valence-electron chi connectivity index (χ2n) is 4.29. The molecule has 0 bridgehead atoms. The molecule has 0 spiro atoms. The zero-order valence-electron chi connectivity index (χ0n) is 12.1. The second-order valence-corrected chi connectivity index (χ2v) is 4.29. The molecule has 22 heavy (non-hydrogen) atoms. The first-order valence-electron chi connectivity index (χ1n) is 5.88. The van der Waals surface area contributed by atoms with Gasteiger partial charge in [-0.3, -0.25) is 4.99 Å². The van der Waals surface area contributed by atoms with Gasteiger partial charge >= 0.3 is 6.18 Å². The smallest absolute Gasteiger partial charge is 0.418 e. The van der Waals surface area contributed by atoms with Crippen LogP contribution in [0.4, 0.5) is 18.9 Å². The van der Waals surface area contributed by atoms with Crippen molar-refractivity contribution in [1.29, 1.82) is 0 Å². The molecule has 0 aliphatic heterocycles. The van der Waals surface area contributed by atoms with Gasteiger partial charge in [0, 0.05) is 33.5 Å². The van der Waals surface area contributed by atoms with Gasteiger partial charge in [0.2, 0.25) is 0 Å². The van der Waals surface area contributed by atoms with Crippen LogP contribution in [-0.4, -0.2) is 11.3 Å². The van der Waals surface area contributed by atoms with E-state index in [-0.39, 0.29) is 40.6 Å². The fourth-order valence-corrected chi connectivity index (χ4v) is 1.75. The Morgan fingerprint density at radius 2 is 1.68 bits per heavy atom. The van der Waals surface area contributed by atoms with Gasteiger partial charge in [-0.2, -0.15) is 13.2 Å². The molecular weight excluding hydrogens is 327 g/mol. The molecule has 2 nitrogen and oxygen atoms in total. The summed E-state index contributed by atoms with van der Waals surface area (Å²) in [5.41, 5.74) is 0.0318. The minimum absolute atomic E-state index is 0. The Morgan fingerprint density at radius 3 is 2.32 bits per heavy atom.